The van der Waals surface area contributed by atoms with Crippen LogP contribution in [0.4, 0.5) is 4.39 Å². The maximum absolute atomic E-state index is 13.9. The summed E-state index contributed by atoms with van der Waals surface area (Å²) >= 11 is 0. The molecule has 228 valence electrons. The largest absolute Gasteiger partial charge is 0.491 e. The number of piperidine rings is 1. The second-order valence-electron chi connectivity index (χ2n) is 10.7. The smallest absolute Gasteiger partial charge is 0.243 e. The van der Waals surface area contributed by atoms with Gasteiger partial charge in [0.15, 0.2) is 9.84 Å². The maximum Gasteiger partial charge on any atom is 0.243 e. The minimum Gasteiger partial charge on any atom is -0.491 e. The Balaban J connectivity index is 1.10. The fraction of sp³-hybridized carbons (Fsp3) is 0.464. The molecule has 5 rings (SSSR count). The molecule has 2 saturated heterocycles. The van der Waals surface area contributed by atoms with Gasteiger partial charge < -0.3 is 25.0 Å². The van der Waals surface area contributed by atoms with Crippen molar-refractivity contribution in [2.24, 2.45) is 0 Å². The van der Waals surface area contributed by atoms with E-state index in [-0.39, 0.29) is 34.7 Å². The topological polar surface area (TPSA) is 155 Å². The second-order valence-corrected chi connectivity index (χ2v) is 14.7. The van der Waals surface area contributed by atoms with Crippen molar-refractivity contribution < 1.29 is 40.9 Å². The lowest BCUT2D eigenvalue weighted by Gasteiger charge is -2.38. The lowest BCUT2D eigenvalue weighted by molar-refractivity contribution is -0.0312. The van der Waals surface area contributed by atoms with Gasteiger partial charge in [0.1, 0.15) is 24.3 Å². The third-order valence-corrected chi connectivity index (χ3v) is 11.3. The number of benzene rings is 2. The SMILES string of the molecule is O=S(=O)(CCO)c1cc(F)cc(OCC(O)CN[C@H]2COC3(CCN(S(=O)(=O)c4ccc5ncccc5c4)CC3)C2)c1. The number of fused-ring (bicyclic) bond motifs is 1. The molecule has 2 aromatic carbocycles. The average molecular weight is 624 g/mol. The quantitative estimate of drug-likeness (QED) is 0.286. The Morgan fingerprint density at radius 2 is 1.90 bits per heavy atom. The van der Waals surface area contributed by atoms with Crippen molar-refractivity contribution in [1.29, 1.82) is 0 Å². The van der Waals surface area contributed by atoms with Crippen molar-refractivity contribution in [3.05, 3.63) is 60.5 Å². The molecule has 1 aromatic heterocycles. The van der Waals surface area contributed by atoms with Crippen LogP contribution in [-0.2, 0) is 24.6 Å². The van der Waals surface area contributed by atoms with Gasteiger partial charge in [-0.2, -0.15) is 4.31 Å². The van der Waals surface area contributed by atoms with Crippen LogP contribution in [0.3, 0.4) is 0 Å². The maximum atomic E-state index is 13.9. The number of nitrogens with zero attached hydrogens (tertiary/aromatic N) is 2. The lowest BCUT2D eigenvalue weighted by Crippen LogP contribution is -2.47. The van der Waals surface area contributed by atoms with Gasteiger partial charge in [0.05, 0.1) is 39.9 Å². The van der Waals surface area contributed by atoms with Gasteiger partial charge in [-0.1, -0.05) is 6.07 Å². The standard InChI is InChI=1S/C28H34FN3O8S2/c29-21-13-24(15-26(14-21)41(35,36)11-10-33)39-19-23(34)17-31-22-16-28(40-18-22)5-8-32(9-6-28)42(37,38)25-3-4-27-20(12-25)2-1-7-30-27/h1-4,7,12-15,22-23,31,33-34H,5-6,8-11,16-19H2/t22-,23?/m1/s1. The van der Waals surface area contributed by atoms with E-state index in [0.29, 0.717) is 39.0 Å². The number of pyridine rings is 1. The zero-order valence-electron chi connectivity index (χ0n) is 22.9. The summed E-state index contributed by atoms with van der Waals surface area (Å²) in [5.74, 6) is -1.39. The van der Waals surface area contributed by atoms with Gasteiger partial charge in [-0.3, -0.25) is 4.98 Å². The molecule has 1 spiro atoms. The van der Waals surface area contributed by atoms with Crippen LogP contribution in [0, 0.1) is 5.82 Å². The Bertz CT molecular complexity index is 1630. The summed E-state index contributed by atoms with van der Waals surface area (Å²) in [5, 5.41) is 23.4. The number of aliphatic hydroxyl groups excluding tert-OH is 2. The number of rotatable bonds is 11. The van der Waals surface area contributed by atoms with Gasteiger partial charge in [-0.15, -0.1) is 0 Å². The minimum absolute atomic E-state index is 0.0456. The Kier molecular flexibility index (Phi) is 9.13. The molecule has 3 N–H and O–H groups in total. The number of sulfone groups is 1. The Labute approximate surface area is 244 Å². The molecule has 11 nitrogen and oxygen atoms in total. The van der Waals surface area contributed by atoms with Crippen LogP contribution in [0.15, 0.2) is 64.5 Å². The van der Waals surface area contributed by atoms with Crippen molar-refractivity contribution in [3.8, 4) is 5.75 Å². The molecule has 42 heavy (non-hydrogen) atoms. The normalized spacial score (nSPS) is 20.2. The first-order chi connectivity index (χ1) is 20.0. The van der Waals surface area contributed by atoms with Gasteiger partial charge in [-0.05, 0) is 55.7 Å². The Hall–Kier alpha value is -2.72. The van der Waals surface area contributed by atoms with Crippen molar-refractivity contribution in [2.75, 3.05) is 45.2 Å². The lowest BCUT2D eigenvalue weighted by atomic mass is 9.88. The van der Waals surface area contributed by atoms with E-state index >= 15 is 0 Å². The molecular formula is C28H34FN3O8S2. The van der Waals surface area contributed by atoms with Gasteiger partial charge in [0, 0.05) is 43.3 Å². The molecule has 2 aliphatic rings. The fourth-order valence-corrected chi connectivity index (χ4v) is 7.95. The number of ether oxygens (including phenoxy) is 2. The summed E-state index contributed by atoms with van der Waals surface area (Å²) in [6.07, 6.45) is 2.45. The van der Waals surface area contributed by atoms with E-state index < -0.39 is 49.7 Å². The van der Waals surface area contributed by atoms with E-state index in [2.05, 4.69) is 10.3 Å². The summed E-state index contributed by atoms with van der Waals surface area (Å²) in [6.45, 7) is 0.444. The third kappa shape index (κ3) is 6.91. The Morgan fingerprint density at radius 3 is 2.67 bits per heavy atom. The molecular weight excluding hydrogens is 589 g/mol. The molecule has 3 aromatic rings. The summed E-state index contributed by atoms with van der Waals surface area (Å²) in [4.78, 5) is 4.18. The Morgan fingerprint density at radius 1 is 1.12 bits per heavy atom. The molecule has 0 amide bonds. The highest BCUT2D eigenvalue weighted by atomic mass is 32.2. The molecule has 3 heterocycles. The van der Waals surface area contributed by atoms with E-state index in [1.54, 1.807) is 30.5 Å². The van der Waals surface area contributed by atoms with Crippen LogP contribution < -0.4 is 10.1 Å². The number of halogens is 1. The molecule has 0 saturated carbocycles. The van der Waals surface area contributed by atoms with Crippen LogP contribution in [0.25, 0.3) is 10.9 Å². The molecule has 0 bridgehead atoms. The van der Waals surface area contributed by atoms with Gasteiger partial charge in [0.25, 0.3) is 0 Å². The first-order valence-electron chi connectivity index (χ1n) is 13.7. The van der Waals surface area contributed by atoms with Crippen LogP contribution in [0.1, 0.15) is 19.3 Å². The predicted octanol–water partition coefficient (Wildman–Crippen LogP) is 1.48. The van der Waals surface area contributed by atoms with Crippen molar-refractivity contribution in [2.45, 2.75) is 46.8 Å². The second kappa shape index (κ2) is 12.5. The van der Waals surface area contributed by atoms with Crippen LogP contribution in [0.5, 0.6) is 5.75 Å². The van der Waals surface area contributed by atoms with Crippen LogP contribution >= 0.6 is 0 Å². The average Bonchev–Trinajstić information content (AvgIpc) is 3.36. The number of hydrogen-bond acceptors (Lipinski definition) is 10. The van der Waals surface area contributed by atoms with E-state index in [0.717, 1.165) is 29.1 Å². The molecule has 2 atom stereocenters. The van der Waals surface area contributed by atoms with Crippen molar-refractivity contribution in [3.63, 3.8) is 0 Å². The molecule has 14 heteroatoms. The van der Waals surface area contributed by atoms with Gasteiger partial charge >= 0.3 is 0 Å². The monoisotopic (exact) mass is 623 g/mol. The number of sulfonamides is 1. The van der Waals surface area contributed by atoms with Crippen LogP contribution in [-0.4, -0.2) is 99.3 Å². The first kappa shape index (κ1) is 30.7. The van der Waals surface area contributed by atoms with Gasteiger partial charge in [-0.25, -0.2) is 21.2 Å². The number of aromatic nitrogens is 1. The summed E-state index contributed by atoms with van der Waals surface area (Å²) in [5.41, 5.74) is 0.285. The molecule has 0 radical (unpaired) electrons. The number of aliphatic hydroxyl groups is 2. The summed E-state index contributed by atoms with van der Waals surface area (Å²) in [6, 6.07) is 11.5. The van der Waals surface area contributed by atoms with Crippen LogP contribution in [0.2, 0.25) is 0 Å². The predicted molar refractivity (Wildman–Crippen MR) is 152 cm³/mol. The zero-order valence-corrected chi connectivity index (χ0v) is 24.5. The van der Waals surface area contributed by atoms with Crippen molar-refractivity contribution >= 4 is 30.8 Å². The van der Waals surface area contributed by atoms with E-state index in [9.17, 15) is 26.3 Å². The minimum atomic E-state index is -3.86. The van der Waals surface area contributed by atoms with E-state index in [1.807, 2.05) is 6.07 Å². The number of hydrogen-bond donors (Lipinski definition) is 3. The highest BCUT2D eigenvalue weighted by Crippen LogP contribution is 2.37. The van der Waals surface area contributed by atoms with Gasteiger partial charge in [0.2, 0.25) is 10.0 Å². The summed E-state index contributed by atoms with van der Waals surface area (Å²) in [7, 11) is -7.52. The molecule has 0 aliphatic carbocycles. The van der Waals surface area contributed by atoms with E-state index in [1.165, 1.54) is 4.31 Å². The molecule has 2 fully saturated rings. The fourth-order valence-electron chi connectivity index (χ4n) is 5.41. The van der Waals surface area contributed by atoms with E-state index in [4.69, 9.17) is 14.6 Å². The summed E-state index contributed by atoms with van der Waals surface area (Å²) < 4.78 is 77.9. The molecule has 2 aliphatic heterocycles. The third-order valence-electron chi connectivity index (χ3n) is 7.70. The first-order valence-corrected chi connectivity index (χ1v) is 16.8. The highest BCUT2D eigenvalue weighted by Gasteiger charge is 2.44. The van der Waals surface area contributed by atoms with Crippen molar-refractivity contribution in [1.82, 2.24) is 14.6 Å². The highest BCUT2D eigenvalue weighted by molar-refractivity contribution is 7.91. The molecule has 1 unspecified atom stereocenters. The zero-order chi connectivity index (χ0) is 30.0. The number of nitrogens with one attached hydrogen (secondary N) is 1.